The van der Waals surface area contributed by atoms with E-state index in [2.05, 4.69) is 25.5 Å². The molecule has 1 aromatic carbocycles. The number of alkyl halides is 3. The molecule has 10 heteroatoms. The average molecular weight is 423 g/mol. The van der Waals surface area contributed by atoms with E-state index < -0.39 is 17.8 Å². The average Bonchev–Trinajstić information content (AvgIpc) is 3.51. The standard InChI is InChI=1S/C20H24F3N5O2/c21-20(22,23)17-8-24-19(27-18(17)25-14-3-4-14)26-15-2-1-13-9-28(10-16(30)11-29)6-5-12(13)7-15/h1-2,7-8,14,16,29-30H,3-6,9-11H2,(H2,24,25,26,27). The molecule has 1 atom stereocenters. The lowest BCUT2D eigenvalue weighted by molar-refractivity contribution is -0.137. The zero-order valence-corrected chi connectivity index (χ0v) is 16.3. The topological polar surface area (TPSA) is 93.5 Å². The van der Waals surface area contributed by atoms with Crippen LogP contribution in [0.3, 0.4) is 0 Å². The van der Waals surface area contributed by atoms with Gasteiger partial charge in [-0.15, -0.1) is 0 Å². The molecule has 2 aliphatic rings. The lowest BCUT2D eigenvalue weighted by Crippen LogP contribution is -2.37. The van der Waals surface area contributed by atoms with Crippen molar-refractivity contribution >= 4 is 17.5 Å². The van der Waals surface area contributed by atoms with E-state index >= 15 is 0 Å². The fourth-order valence-electron chi connectivity index (χ4n) is 3.51. The molecular weight excluding hydrogens is 399 g/mol. The Hall–Kier alpha value is -2.43. The molecule has 1 aliphatic heterocycles. The Morgan fingerprint density at radius 3 is 2.73 bits per heavy atom. The van der Waals surface area contributed by atoms with E-state index in [1.54, 1.807) is 0 Å². The first kappa shape index (κ1) is 20.8. The van der Waals surface area contributed by atoms with Crippen LogP contribution in [0.25, 0.3) is 0 Å². The normalized spacial score (nSPS) is 18.0. The summed E-state index contributed by atoms with van der Waals surface area (Å²) in [5, 5.41) is 24.5. The van der Waals surface area contributed by atoms with Crippen molar-refractivity contribution in [3.05, 3.63) is 41.1 Å². The summed E-state index contributed by atoms with van der Waals surface area (Å²) in [5.41, 5.74) is 2.07. The molecule has 0 bridgehead atoms. The number of anilines is 3. The summed E-state index contributed by atoms with van der Waals surface area (Å²) in [7, 11) is 0. The van der Waals surface area contributed by atoms with Crippen molar-refractivity contribution in [1.29, 1.82) is 0 Å². The minimum atomic E-state index is -4.52. The molecule has 0 saturated heterocycles. The van der Waals surface area contributed by atoms with Crippen molar-refractivity contribution in [3.8, 4) is 0 Å². The number of fused-ring (bicyclic) bond motifs is 1. The van der Waals surface area contributed by atoms with Crippen LogP contribution in [0.15, 0.2) is 24.4 Å². The smallest absolute Gasteiger partial charge is 0.394 e. The Morgan fingerprint density at radius 2 is 2.03 bits per heavy atom. The molecule has 2 heterocycles. The van der Waals surface area contributed by atoms with Gasteiger partial charge in [0.1, 0.15) is 11.4 Å². The van der Waals surface area contributed by atoms with Crippen LogP contribution in [-0.4, -0.2) is 56.9 Å². The van der Waals surface area contributed by atoms with Crippen molar-refractivity contribution in [2.45, 2.75) is 44.1 Å². The van der Waals surface area contributed by atoms with Crippen LogP contribution in [0.5, 0.6) is 0 Å². The SMILES string of the molecule is OCC(O)CN1CCc2cc(Nc3ncc(C(F)(F)F)c(NC4CC4)n3)ccc2C1. The summed E-state index contributed by atoms with van der Waals surface area (Å²) in [6.07, 6.45) is -2.03. The Kier molecular flexibility index (Phi) is 5.81. The predicted octanol–water partition coefficient (Wildman–Crippen LogP) is 2.52. The van der Waals surface area contributed by atoms with Gasteiger partial charge in [-0.1, -0.05) is 6.07 Å². The summed E-state index contributed by atoms with van der Waals surface area (Å²) >= 11 is 0. The summed E-state index contributed by atoms with van der Waals surface area (Å²) in [5.74, 6) is -0.0897. The molecule has 4 N–H and O–H groups in total. The highest BCUT2D eigenvalue weighted by molar-refractivity contribution is 5.59. The Morgan fingerprint density at radius 1 is 1.23 bits per heavy atom. The third kappa shape index (κ3) is 5.00. The minimum absolute atomic E-state index is 0.0323. The molecular formula is C20H24F3N5O2. The minimum Gasteiger partial charge on any atom is -0.394 e. The van der Waals surface area contributed by atoms with Crippen molar-refractivity contribution in [1.82, 2.24) is 14.9 Å². The lowest BCUT2D eigenvalue weighted by atomic mass is 9.99. The second-order valence-corrected chi connectivity index (χ2v) is 7.80. The number of β-amino-alcohol motifs (C(OH)–C–C–N with tert-alkyl or cyclic N) is 1. The molecule has 1 aliphatic carbocycles. The largest absolute Gasteiger partial charge is 0.421 e. The van der Waals surface area contributed by atoms with E-state index in [0.29, 0.717) is 18.8 Å². The van der Waals surface area contributed by atoms with Gasteiger partial charge in [-0.05, 0) is 42.5 Å². The van der Waals surface area contributed by atoms with Crippen LogP contribution in [-0.2, 0) is 19.1 Å². The first-order valence-electron chi connectivity index (χ1n) is 9.92. The van der Waals surface area contributed by atoms with E-state index in [1.807, 2.05) is 18.2 Å². The number of benzene rings is 1. The summed E-state index contributed by atoms with van der Waals surface area (Å²) in [6, 6.07) is 5.76. The molecule has 7 nitrogen and oxygen atoms in total. The van der Waals surface area contributed by atoms with Crippen molar-refractivity contribution < 1.29 is 23.4 Å². The molecule has 0 amide bonds. The number of halogens is 3. The van der Waals surface area contributed by atoms with Gasteiger partial charge >= 0.3 is 6.18 Å². The molecule has 162 valence electrons. The van der Waals surface area contributed by atoms with Crippen molar-refractivity contribution in [2.75, 3.05) is 30.3 Å². The molecule has 2 aromatic rings. The van der Waals surface area contributed by atoms with Gasteiger partial charge in [0.15, 0.2) is 0 Å². The monoisotopic (exact) mass is 423 g/mol. The van der Waals surface area contributed by atoms with Crippen LogP contribution in [0.4, 0.5) is 30.6 Å². The number of nitrogens with zero attached hydrogens (tertiary/aromatic N) is 3. The molecule has 1 aromatic heterocycles. The van der Waals surface area contributed by atoms with E-state index in [9.17, 15) is 18.3 Å². The first-order chi connectivity index (χ1) is 14.3. The molecule has 1 saturated carbocycles. The highest BCUT2D eigenvalue weighted by Crippen LogP contribution is 2.36. The van der Waals surface area contributed by atoms with Crippen LogP contribution in [0.1, 0.15) is 29.5 Å². The van der Waals surface area contributed by atoms with Gasteiger partial charge in [0.25, 0.3) is 0 Å². The summed E-state index contributed by atoms with van der Waals surface area (Å²) in [6.45, 7) is 1.56. The highest BCUT2D eigenvalue weighted by Gasteiger charge is 2.37. The Balaban J connectivity index is 1.48. The van der Waals surface area contributed by atoms with Crippen LogP contribution >= 0.6 is 0 Å². The van der Waals surface area contributed by atoms with Gasteiger partial charge < -0.3 is 20.8 Å². The van der Waals surface area contributed by atoms with Gasteiger partial charge in [0.2, 0.25) is 5.95 Å². The first-order valence-corrected chi connectivity index (χ1v) is 9.92. The van der Waals surface area contributed by atoms with E-state index in [-0.39, 0.29) is 24.4 Å². The highest BCUT2D eigenvalue weighted by atomic mass is 19.4. The Bertz CT molecular complexity index is 904. The molecule has 1 fully saturated rings. The maximum atomic E-state index is 13.2. The lowest BCUT2D eigenvalue weighted by Gasteiger charge is -2.30. The third-order valence-corrected chi connectivity index (χ3v) is 5.25. The van der Waals surface area contributed by atoms with Gasteiger partial charge in [-0.2, -0.15) is 18.2 Å². The molecule has 30 heavy (non-hydrogen) atoms. The zero-order chi connectivity index (χ0) is 21.3. The molecule has 4 rings (SSSR count). The number of hydrogen-bond donors (Lipinski definition) is 4. The fourth-order valence-corrected chi connectivity index (χ4v) is 3.51. The number of rotatable bonds is 7. The second-order valence-electron chi connectivity index (χ2n) is 7.80. The maximum Gasteiger partial charge on any atom is 0.421 e. The van der Waals surface area contributed by atoms with Gasteiger partial charge in [0.05, 0.1) is 12.7 Å². The number of aromatic nitrogens is 2. The van der Waals surface area contributed by atoms with Crippen LogP contribution in [0, 0.1) is 0 Å². The fraction of sp³-hybridized carbons (Fsp3) is 0.500. The molecule has 0 radical (unpaired) electrons. The van der Waals surface area contributed by atoms with E-state index in [4.69, 9.17) is 5.11 Å². The Labute approximate surface area is 172 Å². The number of aliphatic hydroxyl groups is 2. The van der Waals surface area contributed by atoms with Crippen LogP contribution < -0.4 is 10.6 Å². The van der Waals surface area contributed by atoms with Crippen LogP contribution in [0.2, 0.25) is 0 Å². The van der Waals surface area contributed by atoms with Gasteiger partial charge in [-0.25, -0.2) is 4.98 Å². The zero-order valence-electron chi connectivity index (χ0n) is 16.3. The second kappa shape index (κ2) is 8.37. The summed E-state index contributed by atoms with van der Waals surface area (Å²) in [4.78, 5) is 10.00. The number of nitrogens with one attached hydrogen (secondary N) is 2. The van der Waals surface area contributed by atoms with E-state index in [0.717, 1.165) is 43.1 Å². The van der Waals surface area contributed by atoms with E-state index in [1.165, 1.54) is 0 Å². The molecule has 1 unspecified atom stereocenters. The third-order valence-electron chi connectivity index (χ3n) is 5.25. The van der Waals surface area contributed by atoms with Crippen molar-refractivity contribution in [2.24, 2.45) is 0 Å². The quantitative estimate of drug-likeness (QED) is 0.544. The summed E-state index contributed by atoms with van der Waals surface area (Å²) < 4.78 is 39.7. The number of hydrogen-bond acceptors (Lipinski definition) is 7. The predicted molar refractivity (Wildman–Crippen MR) is 105 cm³/mol. The molecule has 0 spiro atoms. The van der Waals surface area contributed by atoms with Gasteiger partial charge in [-0.3, -0.25) is 4.90 Å². The maximum absolute atomic E-state index is 13.2. The van der Waals surface area contributed by atoms with Gasteiger partial charge in [0, 0.05) is 37.6 Å². The number of aliphatic hydroxyl groups excluding tert-OH is 2. The van der Waals surface area contributed by atoms with Crippen molar-refractivity contribution in [3.63, 3.8) is 0 Å².